The zero-order valence-corrected chi connectivity index (χ0v) is 18.1. The first-order valence-corrected chi connectivity index (χ1v) is 11.1. The first kappa shape index (κ1) is 18.7. The van der Waals surface area contributed by atoms with Gasteiger partial charge in [-0.25, -0.2) is 4.98 Å². The van der Waals surface area contributed by atoms with E-state index in [0.29, 0.717) is 5.69 Å². The van der Waals surface area contributed by atoms with Gasteiger partial charge < -0.3 is 8.98 Å². The van der Waals surface area contributed by atoms with Crippen molar-refractivity contribution in [2.24, 2.45) is 0 Å². The van der Waals surface area contributed by atoms with Crippen LogP contribution in [-0.4, -0.2) is 9.55 Å². The fraction of sp³-hybridized carbons (Fsp3) is 0. The molecule has 0 saturated carbocycles. The van der Waals surface area contributed by atoms with E-state index in [1.54, 1.807) is 6.20 Å². The SMILES string of the molecule is N#Cc1ncc(-c2ccccc2)cc1-n1c2ccccc2c2c3c(ccc21)oc1ccccc13. The van der Waals surface area contributed by atoms with Crippen molar-refractivity contribution < 1.29 is 4.42 Å². The van der Waals surface area contributed by atoms with Crippen LogP contribution in [-0.2, 0) is 0 Å². The molecule has 4 heteroatoms. The normalized spacial score (nSPS) is 11.5. The highest BCUT2D eigenvalue weighted by molar-refractivity contribution is 6.27. The minimum atomic E-state index is 0.388. The topological polar surface area (TPSA) is 54.8 Å². The first-order valence-electron chi connectivity index (χ1n) is 11.1. The van der Waals surface area contributed by atoms with Crippen LogP contribution in [0.25, 0.3) is 60.6 Å². The van der Waals surface area contributed by atoms with Gasteiger partial charge in [0.1, 0.15) is 17.2 Å². The van der Waals surface area contributed by atoms with Crippen LogP contribution in [0, 0.1) is 11.3 Å². The molecule has 7 rings (SSSR count). The van der Waals surface area contributed by atoms with Gasteiger partial charge in [-0.05, 0) is 35.9 Å². The van der Waals surface area contributed by atoms with Crippen LogP contribution >= 0.6 is 0 Å². The number of benzene rings is 4. The molecule has 3 heterocycles. The van der Waals surface area contributed by atoms with Gasteiger partial charge in [-0.2, -0.15) is 5.26 Å². The minimum absolute atomic E-state index is 0.388. The molecule has 0 aliphatic rings. The summed E-state index contributed by atoms with van der Waals surface area (Å²) in [5.41, 5.74) is 6.95. The van der Waals surface area contributed by atoms with E-state index in [-0.39, 0.29) is 0 Å². The third-order valence-corrected chi connectivity index (χ3v) is 6.50. The number of furan rings is 1. The highest BCUT2D eigenvalue weighted by Gasteiger charge is 2.20. The molecule has 0 fully saturated rings. The lowest BCUT2D eigenvalue weighted by molar-refractivity contribution is 0.669. The maximum atomic E-state index is 9.96. The Morgan fingerprint density at radius 3 is 2.29 bits per heavy atom. The lowest BCUT2D eigenvalue weighted by atomic mass is 10.1. The summed E-state index contributed by atoms with van der Waals surface area (Å²) in [6.07, 6.45) is 1.77. The summed E-state index contributed by atoms with van der Waals surface area (Å²) < 4.78 is 8.33. The molecule has 158 valence electrons. The van der Waals surface area contributed by atoms with Gasteiger partial charge in [0.05, 0.1) is 16.7 Å². The molecule has 0 atom stereocenters. The summed E-state index contributed by atoms with van der Waals surface area (Å²) in [5, 5.41) is 14.4. The van der Waals surface area contributed by atoms with Crippen LogP contribution in [0.4, 0.5) is 0 Å². The average molecular weight is 435 g/mol. The standard InChI is InChI=1S/C30H17N3O/c31-17-23-26(16-20(18-32-23)19-8-2-1-3-9-19)33-24-12-6-4-10-21(24)29-25(33)14-15-28-30(29)22-11-5-7-13-27(22)34-28/h1-16,18H. The number of nitriles is 1. The van der Waals surface area contributed by atoms with Crippen LogP contribution in [0.2, 0.25) is 0 Å². The van der Waals surface area contributed by atoms with Crippen molar-refractivity contribution in [3.8, 4) is 22.9 Å². The monoisotopic (exact) mass is 435 g/mol. The molecule has 0 aliphatic heterocycles. The third kappa shape index (κ3) is 2.55. The van der Waals surface area contributed by atoms with E-state index in [0.717, 1.165) is 60.6 Å². The summed E-state index contributed by atoms with van der Waals surface area (Å²) in [5.74, 6) is 0. The van der Waals surface area contributed by atoms with Crippen LogP contribution in [0.1, 0.15) is 5.69 Å². The molecule has 0 radical (unpaired) electrons. The van der Waals surface area contributed by atoms with E-state index >= 15 is 0 Å². The van der Waals surface area contributed by atoms with Gasteiger partial charge >= 0.3 is 0 Å². The van der Waals surface area contributed by atoms with Crippen molar-refractivity contribution >= 4 is 43.7 Å². The molecule has 0 unspecified atom stereocenters. The van der Waals surface area contributed by atoms with Crippen molar-refractivity contribution in [2.45, 2.75) is 0 Å². The molecule has 7 aromatic rings. The molecule has 0 spiro atoms. The summed E-state index contributed by atoms with van der Waals surface area (Å²) in [4.78, 5) is 4.54. The van der Waals surface area contributed by atoms with Gasteiger partial charge in [0.2, 0.25) is 0 Å². The van der Waals surface area contributed by atoms with Crippen LogP contribution in [0.3, 0.4) is 0 Å². The number of para-hydroxylation sites is 2. The van der Waals surface area contributed by atoms with Crippen molar-refractivity contribution in [1.82, 2.24) is 9.55 Å². The van der Waals surface area contributed by atoms with E-state index in [4.69, 9.17) is 4.42 Å². The molecule has 4 aromatic carbocycles. The highest BCUT2D eigenvalue weighted by atomic mass is 16.3. The Kier molecular flexibility index (Phi) is 3.88. The second-order valence-corrected chi connectivity index (χ2v) is 8.35. The molecule has 0 aliphatic carbocycles. The first-order chi connectivity index (χ1) is 16.8. The fourth-order valence-corrected chi connectivity index (χ4v) is 5.03. The maximum Gasteiger partial charge on any atom is 0.164 e. The molecule has 0 saturated heterocycles. The lowest BCUT2D eigenvalue weighted by Crippen LogP contribution is -2.00. The van der Waals surface area contributed by atoms with Crippen molar-refractivity contribution in [2.75, 3.05) is 0 Å². The van der Waals surface area contributed by atoms with Gasteiger partial charge in [-0.15, -0.1) is 0 Å². The van der Waals surface area contributed by atoms with Gasteiger partial charge in [0.15, 0.2) is 5.69 Å². The molecule has 0 N–H and O–H groups in total. The zero-order chi connectivity index (χ0) is 22.6. The molecular formula is C30H17N3O. The molecule has 34 heavy (non-hydrogen) atoms. The Morgan fingerprint density at radius 2 is 1.44 bits per heavy atom. The van der Waals surface area contributed by atoms with Gasteiger partial charge in [0.25, 0.3) is 0 Å². The van der Waals surface area contributed by atoms with Crippen LogP contribution in [0.15, 0.2) is 108 Å². The molecule has 4 nitrogen and oxygen atoms in total. The Balaban J connectivity index is 1.65. The largest absolute Gasteiger partial charge is 0.456 e. The highest BCUT2D eigenvalue weighted by Crippen LogP contribution is 2.41. The summed E-state index contributed by atoms with van der Waals surface area (Å²) in [6.45, 7) is 0. The predicted molar refractivity (Wildman–Crippen MR) is 136 cm³/mol. The number of rotatable bonds is 2. The van der Waals surface area contributed by atoms with Crippen LogP contribution in [0.5, 0.6) is 0 Å². The van der Waals surface area contributed by atoms with E-state index in [2.05, 4.69) is 64.2 Å². The molecular weight excluding hydrogens is 418 g/mol. The number of aromatic nitrogens is 2. The summed E-state index contributed by atoms with van der Waals surface area (Å²) >= 11 is 0. The smallest absolute Gasteiger partial charge is 0.164 e. The molecule has 0 bridgehead atoms. The quantitative estimate of drug-likeness (QED) is 0.281. The number of hydrogen-bond acceptors (Lipinski definition) is 3. The fourth-order valence-electron chi connectivity index (χ4n) is 5.03. The number of hydrogen-bond donors (Lipinski definition) is 0. The summed E-state index contributed by atoms with van der Waals surface area (Å²) in [6, 6.07) is 35.0. The second kappa shape index (κ2) is 7.06. The maximum absolute atomic E-state index is 9.96. The van der Waals surface area contributed by atoms with Gasteiger partial charge in [0, 0.05) is 33.3 Å². The predicted octanol–water partition coefficient (Wildman–Crippen LogP) is 7.62. The lowest BCUT2D eigenvalue weighted by Gasteiger charge is -2.11. The van der Waals surface area contributed by atoms with Gasteiger partial charge in [-0.3, -0.25) is 0 Å². The van der Waals surface area contributed by atoms with E-state index < -0.39 is 0 Å². The Bertz CT molecular complexity index is 1920. The minimum Gasteiger partial charge on any atom is -0.456 e. The van der Waals surface area contributed by atoms with E-state index in [1.807, 2.05) is 48.5 Å². The molecule has 3 aromatic heterocycles. The third-order valence-electron chi connectivity index (χ3n) is 6.50. The van der Waals surface area contributed by atoms with E-state index in [9.17, 15) is 5.26 Å². The second-order valence-electron chi connectivity index (χ2n) is 8.35. The van der Waals surface area contributed by atoms with Crippen molar-refractivity contribution in [3.63, 3.8) is 0 Å². The van der Waals surface area contributed by atoms with Crippen molar-refractivity contribution in [3.05, 3.63) is 109 Å². The van der Waals surface area contributed by atoms with Gasteiger partial charge in [-0.1, -0.05) is 66.7 Å². The number of nitrogens with zero attached hydrogens (tertiary/aromatic N) is 3. The Labute approximate surface area is 194 Å². The average Bonchev–Trinajstić information content (AvgIpc) is 3.44. The zero-order valence-electron chi connectivity index (χ0n) is 18.1. The Hall–Kier alpha value is -4.88. The molecule has 0 amide bonds. The number of fused-ring (bicyclic) bond motifs is 7. The number of pyridine rings is 1. The van der Waals surface area contributed by atoms with E-state index in [1.165, 1.54) is 0 Å². The Morgan fingerprint density at radius 1 is 0.676 bits per heavy atom. The van der Waals surface area contributed by atoms with Crippen molar-refractivity contribution in [1.29, 1.82) is 5.26 Å². The summed E-state index contributed by atoms with van der Waals surface area (Å²) in [7, 11) is 0. The van der Waals surface area contributed by atoms with Crippen LogP contribution < -0.4 is 0 Å².